The SMILES string of the molecule is Oc1ccccc1/C=N/NC(=S)N[C@H]1C[C@H]2C[C@@H]1[C@H]1C=CC[C@@H]21. The molecule has 3 aliphatic carbocycles. The number of para-hydroxylation sites is 1. The van der Waals surface area contributed by atoms with Gasteiger partial charge in [0.2, 0.25) is 0 Å². The van der Waals surface area contributed by atoms with E-state index < -0.39 is 0 Å². The van der Waals surface area contributed by atoms with Gasteiger partial charge < -0.3 is 10.4 Å². The van der Waals surface area contributed by atoms with Gasteiger partial charge in [0, 0.05) is 11.6 Å². The van der Waals surface area contributed by atoms with Crippen LogP contribution in [0.15, 0.2) is 41.5 Å². The first kappa shape index (κ1) is 14.7. The van der Waals surface area contributed by atoms with Gasteiger partial charge in [-0.3, -0.25) is 5.43 Å². The normalized spacial score (nSPS) is 34.0. The van der Waals surface area contributed by atoms with Crippen molar-refractivity contribution in [1.29, 1.82) is 0 Å². The minimum atomic E-state index is 0.212. The minimum Gasteiger partial charge on any atom is -0.507 e. The predicted molar refractivity (Wildman–Crippen MR) is 95.3 cm³/mol. The summed E-state index contributed by atoms with van der Waals surface area (Å²) in [7, 11) is 0. The van der Waals surface area contributed by atoms with E-state index in [4.69, 9.17) is 12.2 Å². The average Bonchev–Trinajstić information content (AvgIpc) is 3.21. The first-order valence-electron chi connectivity index (χ1n) is 8.26. The van der Waals surface area contributed by atoms with Crippen molar-refractivity contribution in [3.8, 4) is 5.75 Å². The number of phenols is 1. The molecule has 1 aromatic carbocycles. The number of phenolic OH excluding ortho intramolecular Hbond substituents is 1. The van der Waals surface area contributed by atoms with Crippen molar-refractivity contribution in [2.24, 2.45) is 28.8 Å². The number of aromatic hydroxyl groups is 1. The molecule has 0 aromatic heterocycles. The van der Waals surface area contributed by atoms with Crippen LogP contribution in [0.2, 0.25) is 0 Å². The Morgan fingerprint density at radius 2 is 2.13 bits per heavy atom. The second-order valence-corrected chi connectivity index (χ2v) is 7.22. The summed E-state index contributed by atoms with van der Waals surface area (Å²) < 4.78 is 0. The Kier molecular flexibility index (Phi) is 3.81. The Labute approximate surface area is 141 Å². The Morgan fingerprint density at radius 1 is 1.26 bits per heavy atom. The van der Waals surface area contributed by atoms with Crippen molar-refractivity contribution in [1.82, 2.24) is 10.7 Å². The average molecular weight is 327 g/mol. The van der Waals surface area contributed by atoms with Crippen molar-refractivity contribution in [2.45, 2.75) is 25.3 Å². The molecular weight excluding hydrogens is 306 g/mol. The summed E-state index contributed by atoms with van der Waals surface area (Å²) in [4.78, 5) is 0. The minimum absolute atomic E-state index is 0.212. The van der Waals surface area contributed by atoms with E-state index in [1.165, 1.54) is 19.3 Å². The monoisotopic (exact) mass is 327 g/mol. The van der Waals surface area contributed by atoms with Gasteiger partial charge in [0.15, 0.2) is 5.11 Å². The zero-order valence-electron chi connectivity index (χ0n) is 12.9. The second kappa shape index (κ2) is 5.96. The van der Waals surface area contributed by atoms with E-state index in [9.17, 15) is 5.11 Å². The Morgan fingerprint density at radius 3 is 3.00 bits per heavy atom. The van der Waals surface area contributed by atoms with Crippen molar-refractivity contribution in [3.05, 3.63) is 42.0 Å². The number of hydrazone groups is 1. The van der Waals surface area contributed by atoms with Gasteiger partial charge in [0.05, 0.1) is 6.21 Å². The number of hydrogen-bond acceptors (Lipinski definition) is 3. The molecule has 3 N–H and O–H groups in total. The highest BCUT2D eigenvalue weighted by molar-refractivity contribution is 7.80. The largest absolute Gasteiger partial charge is 0.507 e. The van der Waals surface area contributed by atoms with E-state index in [1.54, 1.807) is 24.4 Å². The van der Waals surface area contributed by atoms with Crippen LogP contribution in [0.3, 0.4) is 0 Å². The van der Waals surface area contributed by atoms with Crippen LogP contribution in [-0.4, -0.2) is 22.5 Å². The number of nitrogens with zero attached hydrogens (tertiary/aromatic N) is 1. The number of nitrogens with one attached hydrogen (secondary N) is 2. The maximum Gasteiger partial charge on any atom is 0.187 e. The predicted octanol–water partition coefficient (Wildman–Crippen LogP) is 2.79. The lowest BCUT2D eigenvalue weighted by Gasteiger charge is -2.32. The van der Waals surface area contributed by atoms with Crippen LogP contribution < -0.4 is 10.7 Å². The topological polar surface area (TPSA) is 56.7 Å². The highest BCUT2D eigenvalue weighted by Crippen LogP contribution is 2.56. The van der Waals surface area contributed by atoms with E-state index >= 15 is 0 Å². The third-order valence-electron chi connectivity index (χ3n) is 5.63. The van der Waals surface area contributed by atoms with E-state index in [-0.39, 0.29) is 5.75 Å². The molecule has 0 heterocycles. The number of thiocarbonyl (C=S) groups is 1. The molecular formula is C18H21N3OS. The standard InChI is InChI=1S/C18H21N3OS/c22-17-7-2-1-4-11(17)10-19-21-18(23)20-16-9-12-8-15(16)14-6-3-5-13(12)14/h1-4,6-7,10,12-16,22H,5,8-9H2,(H2,20,21,23)/b19-10+/t12-,13+,14+,15-,16+/m1/s1. The van der Waals surface area contributed by atoms with Crippen LogP contribution in [0.1, 0.15) is 24.8 Å². The van der Waals surface area contributed by atoms with Gasteiger partial charge in [-0.05, 0) is 67.3 Å². The fourth-order valence-corrected chi connectivity index (χ4v) is 4.87. The summed E-state index contributed by atoms with van der Waals surface area (Å²) in [5.41, 5.74) is 3.53. The number of hydrogen-bond donors (Lipinski definition) is 3. The fourth-order valence-electron chi connectivity index (χ4n) is 4.67. The Balaban J connectivity index is 1.31. The molecule has 5 heteroatoms. The fraction of sp³-hybridized carbons (Fsp3) is 0.444. The van der Waals surface area contributed by atoms with Crippen molar-refractivity contribution in [2.75, 3.05) is 0 Å². The molecule has 120 valence electrons. The van der Waals surface area contributed by atoms with Crippen LogP contribution in [0, 0.1) is 23.7 Å². The molecule has 1 aromatic rings. The van der Waals surface area contributed by atoms with E-state index in [1.807, 2.05) is 6.07 Å². The summed E-state index contributed by atoms with van der Waals surface area (Å²) in [6.07, 6.45) is 10.2. The molecule has 2 fully saturated rings. The quantitative estimate of drug-likeness (QED) is 0.346. The molecule has 23 heavy (non-hydrogen) atoms. The van der Waals surface area contributed by atoms with Crippen LogP contribution in [0.25, 0.3) is 0 Å². The van der Waals surface area contributed by atoms with Gasteiger partial charge >= 0.3 is 0 Å². The Hall–Kier alpha value is -1.88. The summed E-state index contributed by atoms with van der Waals surface area (Å²) in [6, 6.07) is 7.55. The summed E-state index contributed by atoms with van der Waals surface area (Å²) >= 11 is 5.36. The molecule has 3 aliphatic rings. The lowest BCUT2D eigenvalue weighted by molar-refractivity contribution is 0.246. The smallest absolute Gasteiger partial charge is 0.187 e. The van der Waals surface area contributed by atoms with Gasteiger partial charge in [-0.25, -0.2) is 0 Å². The first-order chi connectivity index (χ1) is 11.2. The lowest BCUT2D eigenvalue weighted by Crippen LogP contribution is -2.45. The van der Waals surface area contributed by atoms with Crippen molar-refractivity contribution >= 4 is 23.5 Å². The lowest BCUT2D eigenvalue weighted by atomic mass is 9.79. The highest BCUT2D eigenvalue weighted by atomic mass is 32.1. The van der Waals surface area contributed by atoms with Crippen LogP contribution in [0.4, 0.5) is 0 Å². The molecule has 0 aliphatic heterocycles. The molecule has 4 rings (SSSR count). The third kappa shape index (κ3) is 2.74. The zero-order chi connectivity index (χ0) is 15.8. The second-order valence-electron chi connectivity index (χ2n) is 6.81. The number of rotatable bonds is 3. The van der Waals surface area contributed by atoms with Gasteiger partial charge in [-0.2, -0.15) is 5.10 Å². The van der Waals surface area contributed by atoms with Crippen LogP contribution in [0.5, 0.6) is 5.75 Å². The molecule has 4 nitrogen and oxygen atoms in total. The van der Waals surface area contributed by atoms with Crippen LogP contribution in [-0.2, 0) is 0 Å². The van der Waals surface area contributed by atoms with Crippen LogP contribution >= 0.6 is 12.2 Å². The van der Waals surface area contributed by atoms with Gasteiger partial charge in [-0.1, -0.05) is 24.3 Å². The van der Waals surface area contributed by atoms with E-state index in [2.05, 4.69) is 28.0 Å². The Bertz CT molecular complexity index is 672. The molecule has 0 saturated heterocycles. The van der Waals surface area contributed by atoms with Gasteiger partial charge in [0.1, 0.15) is 5.75 Å². The molecule has 0 spiro atoms. The van der Waals surface area contributed by atoms with Crippen molar-refractivity contribution in [3.63, 3.8) is 0 Å². The summed E-state index contributed by atoms with van der Waals surface area (Å²) in [5.74, 6) is 3.41. The number of fused-ring (bicyclic) bond motifs is 5. The molecule has 5 atom stereocenters. The molecule has 2 saturated carbocycles. The highest BCUT2D eigenvalue weighted by Gasteiger charge is 2.52. The number of benzene rings is 1. The molecule has 2 bridgehead atoms. The zero-order valence-corrected chi connectivity index (χ0v) is 13.7. The molecule has 0 unspecified atom stereocenters. The summed E-state index contributed by atoms with van der Waals surface area (Å²) in [5, 5.41) is 17.8. The van der Waals surface area contributed by atoms with E-state index in [0.29, 0.717) is 22.6 Å². The van der Waals surface area contributed by atoms with Crippen molar-refractivity contribution < 1.29 is 5.11 Å². The summed E-state index contributed by atoms with van der Waals surface area (Å²) in [6.45, 7) is 0. The molecule has 0 radical (unpaired) electrons. The maximum atomic E-state index is 9.69. The molecule has 0 amide bonds. The first-order valence-corrected chi connectivity index (χ1v) is 8.67. The van der Waals surface area contributed by atoms with E-state index in [0.717, 1.165) is 17.8 Å². The third-order valence-corrected chi connectivity index (χ3v) is 5.84. The van der Waals surface area contributed by atoms with Gasteiger partial charge in [0.25, 0.3) is 0 Å². The van der Waals surface area contributed by atoms with Gasteiger partial charge in [-0.15, -0.1) is 0 Å². The number of allylic oxidation sites excluding steroid dienone is 2. The maximum absolute atomic E-state index is 9.69.